The van der Waals surface area contributed by atoms with Crippen molar-refractivity contribution in [2.45, 2.75) is 53.2 Å². The zero-order chi connectivity index (χ0) is 13.8. The first kappa shape index (κ1) is 15.9. The minimum atomic E-state index is 0.323. The molecule has 1 saturated heterocycles. The largest absolute Gasteiger partial charge is 0.380 e. The molecule has 1 fully saturated rings. The van der Waals surface area contributed by atoms with E-state index in [9.17, 15) is 0 Å². The van der Waals surface area contributed by atoms with Gasteiger partial charge in [-0.05, 0) is 24.3 Å². The molecule has 1 heterocycles. The van der Waals surface area contributed by atoms with Crippen LogP contribution in [0.2, 0.25) is 0 Å². The maximum atomic E-state index is 5.59. The van der Waals surface area contributed by atoms with Crippen LogP contribution in [0.5, 0.6) is 0 Å². The second kappa shape index (κ2) is 6.88. The topological polar surface area (TPSA) is 24.5 Å². The van der Waals surface area contributed by atoms with Gasteiger partial charge in [0, 0.05) is 32.8 Å². The molecule has 2 unspecified atom stereocenters. The third-order valence-electron chi connectivity index (χ3n) is 3.92. The highest BCUT2D eigenvalue weighted by atomic mass is 16.5. The first-order valence-electron chi connectivity index (χ1n) is 7.32. The molecule has 0 spiro atoms. The summed E-state index contributed by atoms with van der Waals surface area (Å²) in [5, 5.41) is 3.55. The highest BCUT2D eigenvalue weighted by Gasteiger charge is 2.29. The third kappa shape index (κ3) is 5.25. The predicted molar refractivity (Wildman–Crippen MR) is 77.9 cm³/mol. The summed E-state index contributed by atoms with van der Waals surface area (Å²) in [7, 11) is 1.84. The monoisotopic (exact) mass is 256 g/mol. The van der Waals surface area contributed by atoms with Gasteiger partial charge in [-0.15, -0.1) is 0 Å². The van der Waals surface area contributed by atoms with Gasteiger partial charge < -0.3 is 15.0 Å². The molecule has 3 heteroatoms. The van der Waals surface area contributed by atoms with E-state index in [4.69, 9.17) is 4.74 Å². The van der Waals surface area contributed by atoms with Crippen LogP contribution in [0.1, 0.15) is 41.0 Å². The van der Waals surface area contributed by atoms with Crippen molar-refractivity contribution in [3.63, 3.8) is 0 Å². The molecular weight excluding hydrogens is 224 g/mol. The fourth-order valence-corrected chi connectivity index (χ4v) is 2.69. The Hall–Kier alpha value is -0.120. The van der Waals surface area contributed by atoms with Crippen molar-refractivity contribution in [1.82, 2.24) is 10.2 Å². The van der Waals surface area contributed by atoms with Crippen LogP contribution in [0.15, 0.2) is 0 Å². The number of nitrogens with one attached hydrogen (secondary N) is 1. The Morgan fingerprint density at radius 1 is 1.39 bits per heavy atom. The minimum absolute atomic E-state index is 0.323. The molecule has 1 rings (SSSR count). The van der Waals surface area contributed by atoms with Crippen LogP contribution >= 0.6 is 0 Å². The fourth-order valence-electron chi connectivity index (χ4n) is 2.69. The van der Waals surface area contributed by atoms with E-state index >= 15 is 0 Å². The number of methoxy groups -OCH3 is 1. The van der Waals surface area contributed by atoms with Crippen molar-refractivity contribution < 1.29 is 4.74 Å². The average Bonchev–Trinajstić information content (AvgIpc) is 2.29. The Morgan fingerprint density at radius 2 is 2.06 bits per heavy atom. The highest BCUT2D eigenvalue weighted by Crippen LogP contribution is 2.23. The summed E-state index contributed by atoms with van der Waals surface area (Å²) >= 11 is 0. The Kier molecular flexibility index (Phi) is 6.09. The van der Waals surface area contributed by atoms with Gasteiger partial charge >= 0.3 is 0 Å². The van der Waals surface area contributed by atoms with Crippen LogP contribution in [-0.4, -0.2) is 50.3 Å². The summed E-state index contributed by atoms with van der Waals surface area (Å²) in [5.41, 5.74) is 0.323. The molecule has 0 aromatic rings. The van der Waals surface area contributed by atoms with Crippen LogP contribution in [0.25, 0.3) is 0 Å². The second-order valence-electron chi connectivity index (χ2n) is 6.98. The number of hydrogen-bond donors (Lipinski definition) is 1. The van der Waals surface area contributed by atoms with Crippen molar-refractivity contribution in [1.29, 1.82) is 0 Å². The van der Waals surface area contributed by atoms with Crippen molar-refractivity contribution in [3.05, 3.63) is 0 Å². The Bertz CT molecular complexity index is 241. The van der Waals surface area contributed by atoms with Gasteiger partial charge in [-0.3, -0.25) is 0 Å². The van der Waals surface area contributed by atoms with E-state index in [1.807, 2.05) is 7.11 Å². The van der Waals surface area contributed by atoms with E-state index in [0.717, 1.165) is 19.6 Å². The molecule has 0 bridgehead atoms. The quantitative estimate of drug-likeness (QED) is 0.789. The number of likely N-dealkylation sites (tertiary alicyclic amines) is 1. The molecule has 18 heavy (non-hydrogen) atoms. The second-order valence-corrected chi connectivity index (χ2v) is 6.98. The maximum absolute atomic E-state index is 5.59. The van der Waals surface area contributed by atoms with Crippen LogP contribution in [0, 0.1) is 11.3 Å². The summed E-state index contributed by atoms with van der Waals surface area (Å²) in [5.74, 6) is 0.697. The lowest BCUT2D eigenvalue weighted by Crippen LogP contribution is -2.49. The van der Waals surface area contributed by atoms with Crippen molar-refractivity contribution in [2.24, 2.45) is 11.3 Å². The van der Waals surface area contributed by atoms with Crippen molar-refractivity contribution >= 4 is 0 Å². The van der Waals surface area contributed by atoms with E-state index in [-0.39, 0.29) is 0 Å². The van der Waals surface area contributed by atoms with Gasteiger partial charge in [-0.1, -0.05) is 34.6 Å². The summed E-state index contributed by atoms with van der Waals surface area (Å²) in [6.07, 6.45) is 1.67. The number of hydrogen-bond acceptors (Lipinski definition) is 3. The SMILES string of the molecule is COC1CN(CC(C)(C)CNC(C)C)CCC1C. The number of ether oxygens (including phenoxy) is 1. The summed E-state index contributed by atoms with van der Waals surface area (Å²) in [6, 6.07) is 0.567. The first-order valence-corrected chi connectivity index (χ1v) is 7.32. The molecule has 108 valence electrons. The smallest absolute Gasteiger partial charge is 0.0724 e. The van der Waals surface area contributed by atoms with Gasteiger partial charge in [0.1, 0.15) is 0 Å². The molecule has 3 nitrogen and oxygen atoms in total. The molecule has 0 aliphatic carbocycles. The molecule has 2 atom stereocenters. The Labute approximate surface area is 113 Å². The molecule has 0 aromatic carbocycles. The fraction of sp³-hybridized carbons (Fsp3) is 1.00. The lowest BCUT2D eigenvalue weighted by Gasteiger charge is -2.40. The van der Waals surface area contributed by atoms with Gasteiger partial charge in [-0.25, -0.2) is 0 Å². The molecular formula is C15H32N2O. The van der Waals surface area contributed by atoms with E-state index in [2.05, 4.69) is 44.8 Å². The molecule has 0 radical (unpaired) electrons. The molecule has 1 aliphatic rings. The minimum Gasteiger partial charge on any atom is -0.380 e. The van der Waals surface area contributed by atoms with E-state index in [1.165, 1.54) is 13.0 Å². The van der Waals surface area contributed by atoms with Crippen LogP contribution in [0.3, 0.4) is 0 Å². The zero-order valence-corrected chi connectivity index (χ0v) is 13.1. The van der Waals surface area contributed by atoms with E-state index in [1.54, 1.807) is 0 Å². The van der Waals surface area contributed by atoms with Gasteiger partial charge in [0.15, 0.2) is 0 Å². The summed E-state index contributed by atoms with van der Waals surface area (Å²) < 4.78 is 5.59. The van der Waals surface area contributed by atoms with Gasteiger partial charge in [0.25, 0.3) is 0 Å². The molecule has 1 aliphatic heterocycles. The number of nitrogens with zero attached hydrogens (tertiary/aromatic N) is 1. The van der Waals surface area contributed by atoms with Crippen molar-refractivity contribution in [3.8, 4) is 0 Å². The molecule has 1 N–H and O–H groups in total. The lowest BCUT2D eigenvalue weighted by molar-refractivity contribution is -0.0150. The predicted octanol–water partition coefficient (Wildman–Crippen LogP) is 2.37. The molecule has 0 amide bonds. The van der Waals surface area contributed by atoms with Crippen LogP contribution in [0.4, 0.5) is 0 Å². The summed E-state index contributed by atoms with van der Waals surface area (Å²) in [6.45, 7) is 15.9. The Morgan fingerprint density at radius 3 is 2.61 bits per heavy atom. The third-order valence-corrected chi connectivity index (χ3v) is 3.92. The van der Waals surface area contributed by atoms with Crippen molar-refractivity contribution in [2.75, 3.05) is 33.3 Å². The van der Waals surface area contributed by atoms with E-state index < -0.39 is 0 Å². The maximum Gasteiger partial charge on any atom is 0.0724 e. The lowest BCUT2D eigenvalue weighted by atomic mass is 9.89. The first-order chi connectivity index (χ1) is 8.34. The molecule has 0 saturated carbocycles. The Balaban J connectivity index is 2.41. The number of rotatable bonds is 6. The van der Waals surface area contributed by atoms with Gasteiger partial charge in [0.05, 0.1) is 6.10 Å². The van der Waals surface area contributed by atoms with Gasteiger partial charge in [-0.2, -0.15) is 0 Å². The van der Waals surface area contributed by atoms with Crippen LogP contribution < -0.4 is 5.32 Å². The number of piperidine rings is 1. The van der Waals surface area contributed by atoms with E-state index in [0.29, 0.717) is 23.5 Å². The standard InChI is InChI=1S/C15H32N2O/c1-12(2)16-10-15(4,5)11-17-8-7-13(3)14(9-17)18-6/h12-14,16H,7-11H2,1-6H3. The van der Waals surface area contributed by atoms with Crippen LogP contribution in [-0.2, 0) is 4.74 Å². The normalized spacial score (nSPS) is 26.8. The molecule has 0 aromatic heterocycles. The summed E-state index contributed by atoms with van der Waals surface area (Å²) in [4.78, 5) is 2.57. The van der Waals surface area contributed by atoms with Gasteiger partial charge in [0.2, 0.25) is 0 Å². The average molecular weight is 256 g/mol. The highest BCUT2D eigenvalue weighted by molar-refractivity contribution is 4.83. The zero-order valence-electron chi connectivity index (χ0n) is 13.1.